The summed E-state index contributed by atoms with van der Waals surface area (Å²) in [5.74, 6) is 3.49. The van der Waals surface area contributed by atoms with Gasteiger partial charge in [-0.25, -0.2) is 4.98 Å². The van der Waals surface area contributed by atoms with Gasteiger partial charge in [0.1, 0.15) is 11.6 Å². The molecule has 1 atom stereocenters. The lowest BCUT2D eigenvalue weighted by molar-refractivity contribution is 0.699. The molecule has 4 nitrogen and oxygen atoms in total. The van der Waals surface area contributed by atoms with Gasteiger partial charge in [-0.3, -0.25) is 4.98 Å². The van der Waals surface area contributed by atoms with Crippen LogP contribution in [0.4, 0.5) is 11.6 Å². The predicted octanol–water partition coefficient (Wildman–Crippen LogP) is 2.71. The molecule has 0 bridgehead atoms. The van der Waals surface area contributed by atoms with E-state index in [4.69, 9.17) is 0 Å². The molecule has 1 rings (SSSR count). The fraction of sp³-hybridized carbons (Fsp3) is 0.667. The lowest BCUT2D eigenvalue weighted by atomic mass is 10.2. The number of hydrogen-bond acceptors (Lipinski definition) is 5. The number of hydrogen-bond donors (Lipinski definition) is 2. The van der Waals surface area contributed by atoms with Crippen LogP contribution >= 0.6 is 11.8 Å². The number of nitrogens with zero attached hydrogens (tertiary/aromatic N) is 2. The molecule has 0 radical (unpaired) electrons. The molecular formula is C12H22N4S. The Kier molecular flexibility index (Phi) is 6.77. The quantitative estimate of drug-likeness (QED) is 0.747. The van der Waals surface area contributed by atoms with E-state index in [-0.39, 0.29) is 0 Å². The molecular weight excluding hydrogens is 232 g/mol. The first kappa shape index (κ1) is 14.1. The Hall–Kier alpha value is -0.970. The van der Waals surface area contributed by atoms with Crippen molar-refractivity contribution in [3.8, 4) is 0 Å². The number of rotatable bonds is 8. The Balaban J connectivity index is 2.42. The van der Waals surface area contributed by atoms with Gasteiger partial charge in [-0.05, 0) is 24.3 Å². The maximum absolute atomic E-state index is 4.45. The fourth-order valence-corrected chi connectivity index (χ4v) is 2.10. The van der Waals surface area contributed by atoms with Gasteiger partial charge in [0.15, 0.2) is 0 Å². The van der Waals surface area contributed by atoms with Crippen molar-refractivity contribution < 1.29 is 0 Å². The van der Waals surface area contributed by atoms with Gasteiger partial charge in [0.25, 0.3) is 0 Å². The summed E-state index contributed by atoms with van der Waals surface area (Å²) in [7, 11) is 0. The molecule has 1 unspecified atom stereocenters. The van der Waals surface area contributed by atoms with Crippen molar-refractivity contribution in [2.45, 2.75) is 20.3 Å². The third-order valence-corrected chi connectivity index (χ3v) is 3.18. The summed E-state index contributed by atoms with van der Waals surface area (Å²) in [6.45, 7) is 6.23. The molecule has 2 N–H and O–H groups in total. The van der Waals surface area contributed by atoms with E-state index in [2.05, 4.69) is 40.7 Å². The molecule has 0 fully saturated rings. The monoisotopic (exact) mass is 254 g/mol. The Bertz CT molecular complexity index is 319. The minimum atomic E-state index is 0.638. The van der Waals surface area contributed by atoms with Crippen molar-refractivity contribution in [3.05, 3.63) is 12.4 Å². The van der Waals surface area contributed by atoms with E-state index in [1.54, 1.807) is 12.4 Å². The van der Waals surface area contributed by atoms with Gasteiger partial charge in [0.2, 0.25) is 0 Å². The first-order valence-electron chi connectivity index (χ1n) is 6.05. The molecule has 1 heterocycles. The third-order valence-electron chi connectivity index (χ3n) is 2.27. The first-order valence-corrected chi connectivity index (χ1v) is 7.44. The highest BCUT2D eigenvalue weighted by Crippen LogP contribution is 2.09. The molecule has 1 aromatic rings. The molecule has 0 amide bonds. The van der Waals surface area contributed by atoms with Crippen LogP contribution in [0.3, 0.4) is 0 Å². The van der Waals surface area contributed by atoms with Crippen LogP contribution in [0.1, 0.15) is 20.3 Å². The van der Waals surface area contributed by atoms with Gasteiger partial charge in [-0.1, -0.05) is 13.8 Å². The van der Waals surface area contributed by atoms with E-state index in [9.17, 15) is 0 Å². The van der Waals surface area contributed by atoms with Gasteiger partial charge in [0, 0.05) is 13.1 Å². The zero-order valence-electron chi connectivity index (χ0n) is 10.9. The third kappa shape index (κ3) is 5.77. The van der Waals surface area contributed by atoms with Crippen molar-refractivity contribution >= 4 is 23.4 Å². The summed E-state index contributed by atoms with van der Waals surface area (Å²) >= 11 is 1.87. The maximum Gasteiger partial charge on any atom is 0.146 e. The van der Waals surface area contributed by atoms with Crippen LogP contribution in [0.25, 0.3) is 0 Å². The fourth-order valence-electron chi connectivity index (χ4n) is 1.41. The predicted molar refractivity (Wildman–Crippen MR) is 76.8 cm³/mol. The van der Waals surface area contributed by atoms with Gasteiger partial charge >= 0.3 is 0 Å². The standard InChI is InChI=1S/C12H22N4S/c1-4-5-14-11-7-13-8-12(16-11)15-6-10(2)9-17-3/h7-8,10H,4-6,9H2,1-3H3,(H2,14,15,16). The maximum atomic E-state index is 4.45. The van der Waals surface area contributed by atoms with Gasteiger partial charge < -0.3 is 10.6 Å². The summed E-state index contributed by atoms with van der Waals surface area (Å²) in [6, 6.07) is 0. The second-order valence-electron chi connectivity index (χ2n) is 4.16. The average molecular weight is 254 g/mol. The van der Waals surface area contributed by atoms with Crippen LogP contribution in [0.2, 0.25) is 0 Å². The summed E-state index contributed by atoms with van der Waals surface area (Å²) in [6.07, 6.45) is 6.74. The SMILES string of the molecule is CCCNc1cncc(NCC(C)CSC)n1. The normalized spacial score (nSPS) is 12.2. The van der Waals surface area contributed by atoms with Crippen molar-refractivity contribution in [3.63, 3.8) is 0 Å². The second kappa shape index (κ2) is 8.17. The van der Waals surface area contributed by atoms with E-state index in [0.29, 0.717) is 5.92 Å². The molecule has 0 aliphatic heterocycles. The van der Waals surface area contributed by atoms with Crippen LogP contribution in [0, 0.1) is 5.92 Å². The summed E-state index contributed by atoms with van der Waals surface area (Å²) < 4.78 is 0. The Morgan fingerprint density at radius 2 is 2.00 bits per heavy atom. The molecule has 96 valence electrons. The highest BCUT2D eigenvalue weighted by atomic mass is 32.2. The largest absolute Gasteiger partial charge is 0.369 e. The van der Waals surface area contributed by atoms with Crippen molar-refractivity contribution in [2.24, 2.45) is 5.92 Å². The Morgan fingerprint density at radius 1 is 1.29 bits per heavy atom. The molecule has 5 heteroatoms. The smallest absolute Gasteiger partial charge is 0.146 e. The van der Waals surface area contributed by atoms with Crippen LogP contribution < -0.4 is 10.6 Å². The van der Waals surface area contributed by atoms with E-state index >= 15 is 0 Å². The van der Waals surface area contributed by atoms with Gasteiger partial charge in [-0.15, -0.1) is 0 Å². The molecule has 0 aliphatic carbocycles. The molecule has 1 aromatic heterocycles. The van der Waals surface area contributed by atoms with Crippen molar-refractivity contribution in [1.82, 2.24) is 9.97 Å². The second-order valence-corrected chi connectivity index (χ2v) is 5.07. The van der Waals surface area contributed by atoms with E-state index in [1.165, 1.54) is 0 Å². The highest BCUT2D eigenvalue weighted by Gasteiger charge is 2.02. The zero-order valence-corrected chi connectivity index (χ0v) is 11.7. The Labute approximate surface area is 108 Å². The molecule has 0 aromatic carbocycles. The lowest BCUT2D eigenvalue weighted by Gasteiger charge is -2.12. The number of nitrogens with one attached hydrogen (secondary N) is 2. The van der Waals surface area contributed by atoms with Gasteiger partial charge in [-0.2, -0.15) is 11.8 Å². The topological polar surface area (TPSA) is 49.8 Å². The van der Waals surface area contributed by atoms with Crippen LogP contribution in [0.5, 0.6) is 0 Å². The zero-order chi connectivity index (χ0) is 12.5. The minimum Gasteiger partial charge on any atom is -0.369 e. The number of aromatic nitrogens is 2. The first-order chi connectivity index (χ1) is 8.26. The van der Waals surface area contributed by atoms with Gasteiger partial charge in [0.05, 0.1) is 12.4 Å². The van der Waals surface area contributed by atoms with Crippen LogP contribution in [0.15, 0.2) is 12.4 Å². The minimum absolute atomic E-state index is 0.638. The molecule has 0 aliphatic rings. The average Bonchev–Trinajstić information content (AvgIpc) is 2.35. The van der Waals surface area contributed by atoms with E-state index < -0.39 is 0 Å². The highest BCUT2D eigenvalue weighted by molar-refractivity contribution is 7.98. The molecule has 17 heavy (non-hydrogen) atoms. The molecule has 0 saturated carbocycles. The summed E-state index contributed by atoms with van der Waals surface area (Å²) in [5, 5.41) is 6.55. The Morgan fingerprint density at radius 3 is 2.65 bits per heavy atom. The molecule has 0 saturated heterocycles. The number of anilines is 2. The van der Waals surface area contributed by atoms with Crippen LogP contribution in [-0.2, 0) is 0 Å². The summed E-state index contributed by atoms with van der Waals surface area (Å²) in [5.41, 5.74) is 0. The lowest BCUT2D eigenvalue weighted by Crippen LogP contribution is -2.14. The molecule has 0 spiro atoms. The number of thioether (sulfide) groups is 1. The van der Waals surface area contributed by atoms with Crippen LogP contribution in [-0.4, -0.2) is 35.1 Å². The van der Waals surface area contributed by atoms with Crippen molar-refractivity contribution in [2.75, 3.05) is 35.7 Å². The van der Waals surface area contributed by atoms with Crippen molar-refractivity contribution in [1.29, 1.82) is 0 Å². The van der Waals surface area contributed by atoms with E-state index in [1.807, 2.05) is 11.8 Å². The summed E-state index contributed by atoms with van der Waals surface area (Å²) in [4.78, 5) is 8.62. The van der Waals surface area contributed by atoms with E-state index in [0.717, 1.165) is 36.9 Å².